The third-order valence-electron chi connectivity index (χ3n) is 3.80. The first-order chi connectivity index (χ1) is 8.99. The molecule has 6 heteroatoms. The molecule has 3 heterocycles. The van der Waals surface area contributed by atoms with Crippen LogP contribution < -0.4 is 4.90 Å². The van der Waals surface area contributed by atoms with Crippen molar-refractivity contribution in [1.82, 2.24) is 15.0 Å². The number of anilines is 1. The Labute approximate surface area is 110 Å². The third-order valence-corrected chi connectivity index (χ3v) is 3.80. The van der Waals surface area contributed by atoms with Gasteiger partial charge >= 0.3 is 5.97 Å². The number of carboxylic acid groups (broad SMARTS) is 1. The zero-order chi connectivity index (χ0) is 13.6. The van der Waals surface area contributed by atoms with Gasteiger partial charge in [0.2, 0.25) is 0 Å². The van der Waals surface area contributed by atoms with Crippen LogP contribution in [0.1, 0.15) is 19.2 Å². The molecular formula is C13H16N4O2. The SMILES string of the molecule is Cc1nc(N2CCC(C)(C(=O)O)C2)c2cc[nH]c2n1. The number of carbonyl (C=O) groups is 1. The highest BCUT2D eigenvalue weighted by atomic mass is 16.4. The number of nitrogens with one attached hydrogen (secondary N) is 1. The molecule has 0 spiro atoms. The quantitative estimate of drug-likeness (QED) is 0.856. The molecular weight excluding hydrogens is 244 g/mol. The van der Waals surface area contributed by atoms with Gasteiger partial charge in [-0.15, -0.1) is 0 Å². The second-order valence-corrected chi connectivity index (χ2v) is 5.37. The van der Waals surface area contributed by atoms with Crippen molar-refractivity contribution >= 4 is 22.8 Å². The molecule has 1 fully saturated rings. The van der Waals surface area contributed by atoms with Crippen LogP contribution in [0.5, 0.6) is 0 Å². The number of H-pyrrole nitrogens is 1. The van der Waals surface area contributed by atoms with E-state index in [2.05, 4.69) is 15.0 Å². The van der Waals surface area contributed by atoms with E-state index < -0.39 is 11.4 Å². The molecule has 0 aliphatic carbocycles. The third kappa shape index (κ3) is 1.83. The lowest BCUT2D eigenvalue weighted by Gasteiger charge is -2.21. The fourth-order valence-electron chi connectivity index (χ4n) is 2.59. The predicted octanol–water partition coefficient (Wildman–Crippen LogP) is 1.57. The maximum absolute atomic E-state index is 11.3. The highest BCUT2D eigenvalue weighted by Gasteiger charge is 2.41. The van der Waals surface area contributed by atoms with Crippen LogP contribution in [0.2, 0.25) is 0 Å². The fraction of sp³-hybridized carbons (Fsp3) is 0.462. The average molecular weight is 260 g/mol. The Morgan fingerprint density at radius 3 is 3.00 bits per heavy atom. The van der Waals surface area contributed by atoms with Crippen molar-refractivity contribution in [3.8, 4) is 0 Å². The topological polar surface area (TPSA) is 82.1 Å². The molecule has 2 N–H and O–H groups in total. The number of carboxylic acids is 1. The van der Waals surface area contributed by atoms with Crippen molar-refractivity contribution in [2.45, 2.75) is 20.3 Å². The van der Waals surface area contributed by atoms with Crippen LogP contribution >= 0.6 is 0 Å². The summed E-state index contributed by atoms with van der Waals surface area (Å²) in [6, 6.07) is 1.93. The molecule has 1 unspecified atom stereocenters. The van der Waals surface area contributed by atoms with E-state index in [1.54, 1.807) is 6.92 Å². The van der Waals surface area contributed by atoms with Gasteiger partial charge in [0.05, 0.1) is 10.8 Å². The van der Waals surface area contributed by atoms with Crippen molar-refractivity contribution in [2.24, 2.45) is 5.41 Å². The molecule has 0 saturated carbocycles. The van der Waals surface area contributed by atoms with Gasteiger partial charge in [-0.3, -0.25) is 4.79 Å². The molecule has 0 radical (unpaired) electrons. The maximum Gasteiger partial charge on any atom is 0.311 e. The molecule has 19 heavy (non-hydrogen) atoms. The lowest BCUT2D eigenvalue weighted by Crippen LogP contribution is -2.32. The number of aromatic amines is 1. The number of aromatic nitrogens is 3. The van der Waals surface area contributed by atoms with E-state index >= 15 is 0 Å². The van der Waals surface area contributed by atoms with Crippen molar-refractivity contribution in [1.29, 1.82) is 0 Å². The summed E-state index contributed by atoms with van der Waals surface area (Å²) in [5.74, 6) is 0.772. The minimum Gasteiger partial charge on any atom is -0.481 e. The summed E-state index contributed by atoms with van der Waals surface area (Å²) in [6.07, 6.45) is 2.46. The molecule has 6 nitrogen and oxygen atoms in total. The Morgan fingerprint density at radius 1 is 1.53 bits per heavy atom. The smallest absolute Gasteiger partial charge is 0.311 e. The Hall–Kier alpha value is -2.11. The van der Waals surface area contributed by atoms with Gasteiger partial charge in [0.1, 0.15) is 17.3 Å². The number of rotatable bonds is 2. The van der Waals surface area contributed by atoms with Crippen LogP contribution in [-0.2, 0) is 4.79 Å². The van der Waals surface area contributed by atoms with Gasteiger partial charge in [0, 0.05) is 19.3 Å². The standard InChI is InChI=1S/C13H16N4O2/c1-8-15-10-9(3-5-14-10)11(16-8)17-6-4-13(2,7-17)12(18)19/h3,5H,4,6-7H2,1-2H3,(H,18,19)(H,14,15,16). The number of nitrogens with zero attached hydrogens (tertiary/aromatic N) is 3. The van der Waals surface area contributed by atoms with E-state index in [0.29, 0.717) is 25.3 Å². The normalized spacial score (nSPS) is 23.2. The van der Waals surface area contributed by atoms with Crippen molar-refractivity contribution in [3.05, 3.63) is 18.1 Å². The molecule has 3 rings (SSSR count). The lowest BCUT2D eigenvalue weighted by atomic mass is 9.90. The lowest BCUT2D eigenvalue weighted by molar-refractivity contribution is -0.146. The molecule has 100 valence electrons. The predicted molar refractivity (Wildman–Crippen MR) is 71.2 cm³/mol. The summed E-state index contributed by atoms with van der Waals surface area (Å²) in [5.41, 5.74) is 0.105. The van der Waals surface area contributed by atoms with Gasteiger partial charge in [0.15, 0.2) is 0 Å². The summed E-state index contributed by atoms with van der Waals surface area (Å²) in [5, 5.41) is 10.2. The Morgan fingerprint density at radius 2 is 2.32 bits per heavy atom. The monoisotopic (exact) mass is 260 g/mol. The Balaban J connectivity index is 2.02. The number of aliphatic carboxylic acids is 1. The zero-order valence-corrected chi connectivity index (χ0v) is 11.0. The molecule has 0 aromatic carbocycles. The number of fused-ring (bicyclic) bond motifs is 1. The van der Waals surface area contributed by atoms with Gasteiger partial charge in [0.25, 0.3) is 0 Å². The minimum absolute atomic E-state index is 0.485. The van der Waals surface area contributed by atoms with Crippen molar-refractivity contribution in [3.63, 3.8) is 0 Å². The maximum atomic E-state index is 11.3. The van der Waals surface area contributed by atoms with E-state index in [4.69, 9.17) is 0 Å². The van der Waals surface area contributed by atoms with E-state index in [1.165, 1.54) is 0 Å². The second kappa shape index (κ2) is 3.94. The van der Waals surface area contributed by atoms with E-state index in [-0.39, 0.29) is 0 Å². The summed E-state index contributed by atoms with van der Waals surface area (Å²) >= 11 is 0. The second-order valence-electron chi connectivity index (χ2n) is 5.37. The first kappa shape index (κ1) is 12.0. The number of aryl methyl sites for hydroxylation is 1. The molecule has 1 aliphatic heterocycles. The summed E-state index contributed by atoms with van der Waals surface area (Å²) in [6.45, 7) is 4.83. The largest absolute Gasteiger partial charge is 0.481 e. The molecule has 1 saturated heterocycles. The first-order valence-corrected chi connectivity index (χ1v) is 6.30. The molecule has 1 atom stereocenters. The van der Waals surface area contributed by atoms with Crippen LogP contribution in [0.15, 0.2) is 12.3 Å². The summed E-state index contributed by atoms with van der Waals surface area (Å²) < 4.78 is 0. The molecule has 2 aromatic rings. The number of hydrogen-bond acceptors (Lipinski definition) is 4. The van der Waals surface area contributed by atoms with Crippen molar-refractivity contribution in [2.75, 3.05) is 18.0 Å². The Kier molecular flexibility index (Phi) is 2.48. The zero-order valence-electron chi connectivity index (χ0n) is 11.0. The first-order valence-electron chi connectivity index (χ1n) is 6.30. The van der Waals surface area contributed by atoms with Crippen molar-refractivity contribution < 1.29 is 9.90 Å². The fourth-order valence-corrected chi connectivity index (χ4v) is 2.59. The minimum atomic E-state index is -0.744. The van der Waals surface area contributed by atoms with Gasteiger partial charge in [-0.1, -0.05) is 0 Å². The van der Waals surface area contributed by atoms with E-state index in [0.717, 1.165) is 16.9 Å². The summed E-state index contributed by atoms with van der Waals surface area (Å²) in [4.78, 5) is 25.2. The van der Waals surface area contributed by atoms with Crippen LogP contribution in [0.4, 0.5) is 5.82 Å². The molecule has 2 aromatic heterocycles. The van der Waals surface area contributed by atoms with Crippen LogP contribution in [0.25, 0.3) is 11.0 Å². The highest BCUT2D eigenvalue weighted by molar-refractivity contribution is 5.88. The van der Waals surface area contributed by atoms with Gasteiger partial charge in [-0.05, 0) is 26.3 Å². The summed E-state index contributed by atoms with van der Waals surface area (Å²) in [7, 11) is 0. The average Bonchev–Trinajstić information content (AvgIpc) is 2.95. The highest BCUT2D eigenvalue weighted by Crippen LogP contribution is 2.35. The molecule has 0 bridgehead atoms. The van der Waals surface area contributed by atoms with Gasteiger partial charge in [-0.2, -0.15) is 0 Å². The van der Waals surface area contributed by atoms with Crippen LogP contribution in [-0.4, -0.2) is 39.1 Å². The van der Waals surface area contributed by atoms with Gasteiger partial charge in [-0.25, -0.2) is 9.97 Å². The number of hydrogen-bond donors (Lipinski definition) is 2. The van der Waals surface area contributed by atoms with E-state index in [1.807, 2.05) is 24.1 Å². The van der Waals surface area contributed by atoms with Crippen LogP contribution in [0, 0.1) is 12.3 Å². The molecule has 1 aliphatic rings. The molecule has 0 amide bonds. The Bertz CT molecular complexity index is 651. The van der Waals surface area contributed by atoms with E-state index in [9.17, 15) is 9.90 Å². The van der Waals surface area contributed by atoms with Gasteiger partial charge < -0.3 is 15.0 Å². The van der Waals surface area contributed by atoms with Crippen LogP contribution in [0.3, 0.4) is 0 Å².